The Kier molecular flexibility index (Phi) is 10.9. The van der Waals surface area contributed by atoms with Crippen molar-refractivity contribution in [2.75, 3.05) is 45.0 Å². The van der Waals surface area contributed by atoms with E-state index in [1.807, 2.05) is 0 Å². The summed E-state index contributed by atoms with van der Waals surface area (Å²) in [5.74, 6) is 2.32. The Morgan fingerprint density at radius 2 is 2.00 bits per heavy atom. The summed E-state index contributed by atoms with van der Waals surface area (Å²) >= 11 is 2.08. The molecule has 0 aromatic carbocycles. The number of nitrogens with one attached hydrogen (secondary N) is 2. The van der Waals surface area contributed by atoms with Crippen LogP contribution in [0.4, 0.5) is 0 Å². The van der Waals surface area contributed by atoms with Crippen molar-refractivity contribution in [1.82, 2.24) is 15.5 Å². The summed E-state index contributed by atoms with van der Waals surface area (Å²) < 4.78 is 0. The smallest absolute Gasteiger partial charge is 0.191 e. The lowest BCUT2D eigenvalue weighted by Crippen LogP contribution is -2.42. The molecule has 0 amide bonds. The fourth-order valence-corrected chi connectivity index (χ4v) is 4.02. The lowest BCUT2D eigenvalue weighted by molar-refractivity contribution is 0.232. The summed E-state index contributed by atoms with van der Waals surface area (Å²) in [4.78, 5) is 7.30. The number of hydrogen-bond donors (Lipinski definition) is 2. The first kappa shape index (κ1) is 19.4. The number of halogens is 1. The van der Waals surface area contributed by atoms with Gasteiger partial charge in [-0.1, -0.05) is 6.42 Å². The van der Waals surface area contributed by atoms with Gasteiger partial charge in [-0.15, -0.1) is 24.0 Å². The van der Waals surface area contributed by atoms with Crippen LogP contribution in [0.2, 0.25) is 0 Å². The van der Waals surface area contributed by atoms with Crippen molar-refractivity contribution in [1.29, 1.82) is 0 Å². The lowest BCUT2D eigenvalue weighted by Gasteiger charge is -2.26. The Balaban J connectivity index is 0.00000220. The first-order valence-electron chi connectivity index (χ1n) is 8.24. The molecule has 0 aromatic heterocycles. The molecule has 2 aliphatic heterocycles. The molecule has 2 saturated heterocycles. The number of likely N-dealkylation sites (tertiary alicyclic amines) is 1. The second kappa shape index (κ2) is 11.8. The van der Waals surface area contributed by atoms with Crippen LogP contribution in [0.5, 0.6) is 0 Å². The van der Waals surface area contributed by atoms with Crippen molar-refractivity contribution in [3.8, 4) is 0 Å². The van der Waals surface area contributed by atoms with Crippen LogP contribution < -0.4 is 10.6 Å². The van der Waals surface area contributed by atoms with E-state index in [2.05, 4.69) is 34.2 Å². The fraction of sp³-hybridized carbons (Fsp3) is 0.933. The molecule has 124 valence electrons. The Labute approximate surface area is 151 Å². The monoisotopic (exact) mass is 426 g/mol. The van der Waals surface area contributed by atoms with Crippen molar-refractivity contribution in [2.24, 2.45) is 4.99 Å². The molecule has 0 saturated carbocycles. The number of piperidine rings is 1. The molecule has 0 spiro atoms. The molecule has 0 aromatic rings. The van der Waals surface area contributed by atoms with Gasteiger partial charge in [0, 0.05) is 24.9 Å². The van der Waals surface area contributed by atoms with E-state index in [0.717, 1.165) is 37.4 Å². The van der Waals surface area contributed by atoms with Gasteiger partial charge in [-0.3, -0.25) is 4.99 Å². The van der Waals surface area contributed by atoms with E-state index in [1.165, 1.54) is 50.9 Å². The van der Waals surface area contributed by atoms with Gasteiger partial charge >= 0.3 is 0 Å². The number of thioether (sulfide) groups is 1. The molecule has 4 nitrogen and oxygen atoms in total. The second-order valence-corrected chi connectivity index (χ2v) is 7.09. The van der Waals surface area contributed by atoms with Crippen LogP contribution in [0.15, 0.2) is 4.99 Å². The zero-order valence-electron chi connectivity index (χ0n) is 13.3. The molecule has 6 heteroatoms. The van der Waals surface area contributed by atoms with Gasteiger partial charge in [0.1, 0.15) is 0 Å². The molecule has 1 unspecified atom stereocenters. The molecule has 2 fully saturated rings. The van der Waals surface area contributed by atoms with Gasteiger partial charge in [0.15, 0.2) is 5.96 Å². The van der Waals surface area contributed by atoms with E-state index >= 15 is 0 Å². The van der Waals surface area contributed by atoms with Crippen molar-refractivity contribution in [3.63, 3.8) is 0 Å². The third-order valence-corrected chi connectivity index (χ3v) is 5.37. The number of hydrogen-bond acceptors (Lipinski definition) is 3. The maximum atomic E-state index is 4.73. The highest BCUT2D eigenvalue weighted by Crippen LogP contribution is 2.25. The van der Waals surface area contributed by atoms with E-state index < -0.39 is 0 Å². The maximum Gasteiger partial charge on any atom is 0.191 e. The minimum absolute atomic E-state index is 0. The van der Waals surface area contributed by atoms with Crippen LogP contribution in [0, 0.1) is 0 Å². The van der Waals surface area contributed by atoms with Crippen LogP contribution in [0.3, 0.4) is 0 Å². The van der Waals surface area contributed by atoms with Crippen LogP contribution in [0.25, 0.3) is 0 Å². The van der Waals surface area contributed by atoms with Gasteiger partial charge < -0.3 is 15.5 Å². The molecule has 2 heterocycles. The van der Waals surface area contributed by atoms with Gasteiger partial charge in [0.05, 0.1) is 6.54 Å². The average molecular weight is 426 g/mol. The van der Waals surface area contributed by atoms with Gasteiger partial charge in [0.2, 0.25) is 0 Å². The van der Waals surface area contributed by atoms with Crippen molar-refractivity contribution < 1.29 is 0 Å². The molecule has 2 N–H and O–H groups in total. The highest BCUT2D eigenvalue weighted by molar-refractivity contribution is 14.0. The SMILES string of the molecule is CCNC(=NCC1CCCS1)NCCN1CCCCC1.I. The van der Waals surface area contributed by atoms with Crippen LogP contribution >= 0.6 is 35.7 Å². The molecule has 0 aliphatic carbocycles. The third-order valence-electron chi connectivity index (χ3n) is 3.99. The minimum atomic E-state index is 0. The number of rotatable bonds is 6. The van der Waals surface area contributed by atoms with Gasteiger partial charge in [-0.25, -0.2) is 0 Å². The van der Waals surface area contributed by atoms with Crippen molar-refractivity contribution in [2.45, 2.75) is 44.3 Å². The van der Waals surface area contributed by atoms with Gasteiger partial charge in [-0.05, 0) is 51.4 Å². The average Bonchev–Trinajstić information content (AvgIpc) is 2.99. The fourth-order valence-electron chi connectivity index (χ4n) is 2.84. The van der Waals surface area contributed by atoms with E-state index in [0.29, 0.717) is 0 Å². The van der Waals surface area contributed by atoms with Crippen molar-refractivity contribution >= 4 is 41.7 Å². The van der Waals surface area contributed by atoms with Crippen LogP contribution in [-0.4, -0.2) is 61.1 Å². The summed E-state index contributed by atoms with van der Waals surface area (Å²) in [7, 11) is 0. The van der Waals surface area contributed by atoms with E-state index in [-0.39, 0.29) is 24.0 Å². The topological polar surface area (TPSA) is 39.7 Å². The molecule has 0 bridgehead atoms. The lowest BCUT2D eigenvalue weighted by atomic mass is 10.1. The molecule has 1 atom stereocenters. The van der Waals surface area contributed by atoms with Crippen LogP contribution in [-0.2, 0) is 0 Å². The zero-order valence-corrected chi connectivity index (χ0v) is 16.4. The third kappa shape index (κ3) is 7.93. The van der Waals surface area contributed by atoms with E-state index in [1.54, 1.807) is 0 Å². The molecular weight excluding hydrogens is 395 g/mol. The highest BCUT2D eigenvalue weighted by Gasteiger charge is 2.15. The summed E-state index contributed by atoms with van der Waals surface area (Å²) in [5, 5.41) is 7.58. The summed E-state index contributed by atoms with van der Waals surface area (Å²) in [5.41, 5.74) is 0. The molecule has 21 heavy (non-hydrogen) atoms. The number of aliphatic imine (C=N–C) groups is 1. The number of nitrogens with zero attached hydrogens (tertiary/aromatic N) is 2. The molecule has 0 radical (unpaired) electrons. The quantitative estimate of drug-likeness (QED) is 0.389. The van der Waals surface area contributed by atoms with Crippen molar-refractivity contribution in [3.05, 3.63) is 0 Å². The summed E-state index contributed by atoms with van der Waals surface area (Å²) in [6.45, 7) is 8.72. The minimum Gasteiger partial charge on any atom is -0.357 e. The Morgan fingerprint density at radius 3 is 2.67 bits per heavy atom. The summed E-state index contributed by atoms with van der Waals surface area (Å²) in [6, 6.07) is 0. The van der Waals surface area contributed by atoms with E-state index in [9.17, 15) is 0 Å². The van der Waals surface area contributed by atoms with Gasteiger partial charge in [-0.2, -0.15) is 11.8 Å². The predicted octanol–water partition coefficient (Wildman–Crippen LogP) is 2.54. The Bertz CT molecular complexity index is 289. The summed E-state index contributed by atoms with van der Waals surface area (Å²) in [6.07, 6.45) is 6.85. The predicted molar refractivity (Wildman–Crippen MR) is 105 cm³/mol. The van der Waals surface area contributed by atoms with E-state index in [4.69, 9.17) is 4.99 Å². The Hall–Kier alpha value is 0.310. The molecule has 2 rings (SSSR count). The molecule has 2 aliphatic rings. The Morgan fingerprint density at radius 1 is 1.19 bits per heavy atom. The zero-order chi connectivity index (χ0) is 14.0. The normalized spacial score (nSPS) is 23.7. The van der Waals surface area contributed by atoms with Crippen LogP contribution in [0.1, 0.15) is 39.0 Å². The second-order valence-electron chi connectivity index (χ2n) is 5.68. The first-order chi connectivity index (χ1) is 9.88. The first-order valence-corrected chi connectivity index (χ1v) is 9.29. The van der Waals surface area contributed by atoms with Gasteiger partial charge in [0.25, 0.3) is 0 Å². The largest absolute Gasteiger partial charge is 0.357 e. The number of guanidine groups is 1. The highest BCUT2D eigenvalue weighted by atomic mass is 127. The molecular formula is C15H31IN4S. The standard InChI is InChI=1S/C15H30N4S.HI/c1-2-16-15(18-13-14-7-6-12-20-14)17-8-11-19-9-4-3-5-10-19;/h14H,2-13H2,1H3,(H2,16,17,18);1H. The maximum absolute atomic E-state index is 4.73.